The monoisotopic (exact) mass is 417 g/mol. The Kier molecular flexibility index (Phi) is 11.8. The first-order chi connectivity index (χ1) is 8.69. The van der Waals surface area contributed by atoms with Crippen LogP contribution in [0.2, 0.25) is 0 Å². The van der Waals surface area contributed by atoms with Crippen LogP contribution in [-0.4, -0.2) is 60.0 Å². The maximum Gasteiger partial charge on any atom is 0.194 e. The standard InChI is InChI=1S/C13H27N3S2.HI/c1-5-14-13(15-6-8-17-4)16-7-9-18-12(10-16)11(2)3;/h11-12H,5-10H2,1-4H3,(H,14,15);1H. The molecule has 1 heterocycles. The summed E-state index contributed by atoms with van der Waals surface area (Å²) in [6, 6.07) is 0. The molecular formula is C13H28IN3S2. The summed E-state index contributed by atoms with van der Waals surface area (Å²) >= 11 is 3.97. The minimum Gasteiger partial charge on any atom is -0.357 e. The molecule has 19 heavy (non-hydrogen) atoms. The Bertz CT molecular complexity index is 262. The zero-order valence-corrected chi connectivity index (χ0v) is 16.5. The molecule has 1 fully saturated rings. The van der Waals surface area contributed by atoms with E-state index in [1.165, 1.54) is 5.75 Å². The Labute approximate surface area is 144 Å². The molecule has 1 unspecified atom stereocenters. The highest BCUT2D eigenvalue weighted by atomic mass is 127. The van der Waals surface area contributed by atoms with E-state index in [1.807, 2.05) is 11.8 Å². The van der Waals surface area contributed by atoms with Crippen molar-refractivity contribution in [1.82, 2.24) is 10.2 Å². The van der Waals surface area contributed by atoms with E-state index in [1.54, 1.807) is 0 Å². The molecule has 1 rings (SSSR count). The van der Waals surface area contributed by atoms with E-state index >= 15 is 0 Å². The molecule has 6 heteroatoms. The summed E-state index contributed by atoms with van der Waals surface area (Å²) in [6.07, 6.45) is 2.13. The average Bonchev–Trinajstić information content (AvgIpc) is 2.38. The zero-order valence-electron chi connectivity index (χ0n) is 12.5. The van der Waals surface area contributed by atoms with Gasteiger partial charge in [-0.2, -0.15) is 23.5 Å². The first-order valence-electron chi connectivity index (χ1n) is 6.82. The zero-order chi connectivity index (χ0) is 13.4. The summed E-state index contributed by atoms with van der Waals surface area (Å²) in [7, 11) is 0. The summed E-state index contributed by atoms with van der Waals surface area (Å²) in [5.74, 6) is 4.17. The second-order valence-electron chi connectivity index (χ2n) is 4.83. The molecule has 0 saturated carbocycles. The number of rotatable bonds is 5. The van der Waals surface area contributed by atoms with Gasteiger partial charge in [-0.25, -0.2) is 0 Å². The van der Waals surface area contributed by atoms with E-state index in [2.05, 4.69) is 49.0 Å². The van der Waals surface area contributed by atoms with Gasteiger partial charge in [0.1, 0.15) is 0 Å². The lowest BCUT2D eigenvalue weighted by Crippen LogP contribution is -2.49. The van der Waals surface area contributed by atoms with Crippen molar-refractivity contribution in [3.05, 3.63) is 0 Å². The Morgan fingerprint density at radius 3 is 2.84 bits per heavy atom. The topological polar surface area (TPSA) is 27.6 Å². The Morgan fingerprint density at radius 1 is 1.53 bits per heavy atom. The summed E-state index contributed by atoms with van der Waals surface area (Å²) in [4.78, 5) is 7.16. The van der Waals surface area contributed by atoms with Gasteiger partial charge in [0.25, 0.3) is 0 Å². The van der Waals surface area contributed by atoms with Crippen LogP contribution >= 0.6 is 47.5 Å². The highest BCUT2D eigenvalue weighted by Crippen LogP contribution is 2.24. The van der Waals surface area contributed by atoms with Gasteiger partial charge in [0.05, 0.1) is 6.54 Å². The first-order valence-corrected chi connectivity index (χ1v) is 9.27. The Balaban J connectivity index is 0.00000324. The second kappa shape index (κ2) is 11.4. The molecule has 1 N–H and O–H groups in total. The minimum absolute atomic E-state index is 0. The van der Waals surface area contributed by atoms with Gasteiger partial charge in [-0.3, -0.25) is 4.99 Å². The molecule has 1 saturated heterocycles. The van der Waals surface area contributed by atoms with Crippen molar-refractivity contribution in [2.75, 3.05) is 43.9 Å². The first kappa shape index (κ1) is 19.7. The molecule has 0 amide bonds. The number of guanidine groups is 1. The molecule has 0 aromatic carbocycles. The summed E-state index contributed by atoms with van der Waals surface area (Å²) in [5.41, 5.74) is 0. The van der Waals surface area contributed by atoms with Crippen molar-refractivity contribution in [3.63, 3.8) is 0 Å². The van der Waals surface area contributed by atoms with Gasteiger partial charge in [-0.1, -0.05) is 13.8 Å². The Morgan fingerprint density at radius 2 is 2.26 bits per heavy atom. The van der Waals surface area contributed by atoms with Gasteiger partial charge in [0.2, 0.25) is 0 Å². The Hall–Kier alpha value is 0.700. The number of aliphatic imine (C=N–C) groups is 1. The molecule has 0 spiro atoms. The molecule has 114 valence electrons. The summed E-state index contributed by atoms with van der Waals surface area (Å²) < 4.78 is 0. The highest BCUT2D eigenvalue weighted by Gasteiger charge is 2.24. The third kappa shape index (κ3) is 7.32. The fraction of sp³-hybridized carbons (Fsp3) is 0.923. The van der Waals surface area contributed by atoms with Crippen molar-refractivity contribution in [2.45, 2.75) is 26.0 Å². The minimum atomic E-state index is 0. The normalized spacial score (nSPS) is 20.4. The summed E-state index contributed by atoms with van der Waals surface area (Å²) in [6.45, 7) is 10.9. The maximum absolute atomic E-state index is 4.72. The molecular weight excluding hydrogens is 389 g/mol. The van der Waals surface area contributed by atoms with Gasteiger partial charge in [-0.05, 0) is 19.1 Å². The van der Waals surface area contributed by atoms with Gasteiger partial charge in [0.15, 0.2) is 5.96 Å². The molecule has 1 atom stereocenters. The van der Waals surface area contributed by atoms with Crippen LogP contribution in [0.1, 0.15) is 20.8 Å². The van der Waals surface area contributed by atoms with Crippen LogP contribution in [0.25, 0.3) is 0 Å². The molecule has 0 aromatic rings. The predicted octanol–water partition coefficient (Wildman–Crippen LogP) is 3.01. The van der Waals surface area contributed by atoms with E-state index in [0.717, 1.165) is 49.1 Å². The predicted molar refractivity (Wildman–Crippen MR) is 102 cm³/mol. The van der Waals surface area contributed by atoms with Crippen LogP contribution < -0.4 is 5.32 Å². The molecule has 0 aromatic heterocycles. The van der Waals surface area contributed by atoms with Crippen LogP contribution in [-0.2, 0) is 0 Å². The molecule has 3 nitrogen and oxygen atoms in total. The van der Waals surface area contributed by atoms with Gasteiger partial charge < -0.3 is 10.2 Å². The van der Waals surface area contributed by atoms with Gasteiger partial charge in [-0.15, -0.1) is 24.0 Å². The molecule has 1 aliphatic rings. The van der Waals surface area contributed by atoms with E-state index in [-0.39, 0.29) is 24.0 Å². The number of halogens is 1. The average molecular weight is 417 g/mol. The van der Waals surface area contributed by atoms with E-state index in [0.29, 0.717) is 0 Å². The molecule has 1 aliphatic heterocycles. The van der Waals surface area contributed by atoms with Crippen molar-refractivity contribution in [1.29, 1.82) is 0 Å². The number of nitrogens with zero attached hydrogens (tertiary/aromatic N) is 2. The van der Waals surface area contributed by atoms with Crippen molar-refractivity contribution in [2.24, 2.45) is 10.9 Å². The molecule has 0 bridgehead atoms. The SMILES string of the molecule is CCNC(=NCCSC)N1CCSC(C(C)C)C1.I. The van der Waals surface area contributed by atoms with Crippen molar-refractivity contribution in [3.8, 4) is 0 Å². The lowest BCUT2D eigenvalue weighted by molar-refractivity contribution is 0.381. The number of nitrogens with one attached hydrogen (secondary N) is 1. The van der Waals surface area contributed by atoms with E-state index in [9.17, 15) is 0 Å². The summed E-state index contributed by atoms with van der Waals surface area (Å²) in [5, 5.41) is 4.17. The number of hydrogen-bond acceptors (Lipinski definition) is 3. The fourth-order valence-corrected chi connectivity index (χ4v) is 3.51. The van der Waals surface area contributed by atoms with Crippen LogP contribution in [0.5, 0.6) is 0 Å². The third-order valence-electron chi connectivity index (χ3n) is 3.03. The van der Waals surface area contributed by atoms with Gasteiger partial charge >= 0.3 is 0 Å². The highest BCUT2D eigenvalue weighted by molar-refractivity contribution is 14.0. The lowest BCUT2D eigenvalue weighted by Gasteiger charge is -2.36. The maximum atomic E-state index is 4.72. The molecule has 0 aliphatic carbocycles. The molecule has 0 radical (unpaired) electrons. The van der Waals surface area contributed by atoms with Gasteiger partial charge in [0, 0.05) is 36.4 Å². The van der Waals surface area contributed by atoms with Crippen molar-refractivity contribution < 1.29 is 0 Å². The number of hydrogen-bond donors (Lipinski definition) is 1. The smallest absolute Gasteiger partial charge is 0.194 e. The van der Waals surface area contributed by atoms with E-state index in [4.69, 9.17) is 4.99 Å². The van der Waals surface area contributed by atoms with E-state index < -0.39 is 0 Å². The quantitative estimate of drug-likeness (QED) is 0.322. The number of thioether (sulfide) groups is 2. The fourth-order valence-electron chi connectivity index (χ4n) is 1.94. The van der Waals surface area contributed by atoms with Crippen LogP contribution in [0.4, 0.5) is 0 Å². The van der Waals surface area contributed by atoms with Crippen LogP contribution in [0, 0.1) is 5.92 Å². The van der Waals surface area contributed by atoms with Crippen LogP contribution in [0.3, 0.4) is 0 Å². The second-order valence-corrected chi connectivity index (χ2v) is 7.16. The lowest BCUT2D eigenvalue weighted by atomic mass is 10.1. The van der Waals surface area contributed by atoms with Crippen LogP contribution in [0.15, 0.2) is 4.99 Å². The largest absolute Gasteiger partial charge is 0.357 e. The third-order valence-corrected chi connectivity index (χ3v) is 5.16. The van der Waals surface area contributed by atoms with Crippen molar-refractivity contribution >= 4 is 53.5 Å².